The number of benzene rings is 1. The Morgan fingerprint density at radius 2 is 1.28 bits per heavy atom. The summed E-state index contributed by atoms with van der Waals surface area (Å²) in [6.45, 7) is 1.32. The molecule has 290 valence electrons. The lowest BCUT2D eigenvalue weighted by atomic mass is 9.98. The number of ether oxygens (including phenoxy) is 2. The summed E-state index contributed by atoms with van der Waals surface area (Å²) in [5.74, 6) is -0.271. The molecule has 1 fully saturated rings. The van der Waals surface area contributed by atoms with Gasteiger partial charge in [0.05, 0.1) is 25.4 Å². The molecule has 0 aromatic heterocycles. The number of unbranched alkanes of at least 4 members (excludes halogenated alkanes) is 17. The average Bonchev–Trinajstić information content (AvgIpc) is 3.12. The smallest absolute Gasteiger partial charge is 0.220 e. The number of aryl methyl sites for hydroxylation is 1. The van der Waals surface area contributed by atoms with E-state index < -0.39 is 55.6 Å². The van der Waals surface area contributed by atoms with Crippen LogP contribution in [0.25, 0.3) is 0 Å². The molecule has 8 atom stereocenters. The molecule has 0 bridgehead atoms. The Balaban J connectivity index is 1.74. The zero-order valence-electron chi connectivity index (χ0n) is 30.9. The first-order chi connectivity index (χ1) is 24.3. The van der Waals surface area contributed by atoms with E-state index in [0.29, 0.717) is 12.8 Å². The molecule has 1 heterocycles. The maximum Gasteiger partial charge on any atom is 0.220 e. The van der Waals surface area contributed by atoms with Crippen molar-refractivity contribution in [3.63, 3.8) is 0 Å². The maximum absolute atomic E-state index is 12.9. The van der Waals surface area contributed by atoms with E-state index in [1.807, 2.05) is 6.07 Å². The van der Waals surface area contributed by atoms with Crippen molar-refractivity contribution in [2.24, 2.45) is 0 Å². The molecule has 50 heavy (non-hydrogen) atoms. The number of carbonyl (C=O) groups is 1. The molecule has 1 amide bonds. The molecule has 0 saturated carbocycles. The van der Waals surface area contributed by atoms with Crippen LogP contribution in [0.1, 0.15) is 147 Å². The van der Waals surface area contributed by atoms with Gasteiger partial charge in [-0.25, -0.2) is 0 Å². The lowest BCUT2D eigenvalue weighted by molar-refractivity contribution is -0.303. The van der Waals surface area contributed by atoms with Crippen LogP contribution in [0, 0.1) is 0 Å². The number of aliphatic hydroxyl groups excluding tert-OH is 6. The molecule has 7 N–H and O–H groups in total. The molecule has 1 aliphatic rings. The summed E-state index contributed by atoms with van der Waals surface area (Å²) in [6, 6.07) is 9.52. The first kappa shape index (κ1) is 44.5. The van der Waals surface area contributed by atoms with Crippen LogP contribution in [0.15, 0.2) is 30.3 Å². The molecule has 0 aliphatic carbocycles. The van der Waals surface area contributed by atoms with E-state index in [1.165, 1.54) is 76.2 Å². The van der Waals surface area contributed by atoms with Crippen molar-refractivity contribution < 1.29 is 44.9 Å². The largest absolute Gasteiger partial charge is 0.394 e. The van der Waals surface area contributed by atoms with E-state index >= 15 is 0 Å². The van der Waals surface area contributed by atoms with Crippen LogP contribution in [0.3, 0.4) is 0 Å². The van der Waals surface area contributed by atoms with E-state index in [4.69, 9.17) is 9.47 Å². The molecule has 0 radical (unpaired) electrons. The molecular formula is C40H71NO9. The van der Waals surface area contributed by atoms with Crippen LogP contribution in [0.2, 0.25) is 0 Å². The second kappa shape index (κ2) is 27.9. The first-order valence-corrected chi connectivity index (χ1v) is 19.9. The van der Waals surface area contributed by atoms with Gasteiger partial charge in [0.15, 0.2) is 6.29 Å². The first-order valence-electron chi connectivity index (χ1n) is 19.9. The minimum Gasteiger partial charge on any atom is -0.394 e. The van der Waals surface area contributed by atoms with Gasteiger partial charge in [-0.2, -0.15) is 0 Å². The third kappa shape index (κ3) is 18.7. The van der Waals surface area contributed by atoms with Crippen molar-refractivity contribution >= 4 is 5.91 Å². The highest BCUT2D eigenvalue weighted by Gasteiger charge is 2.44. The SMILES string of the molecule is CCCCCCCCCCCCCC[C@@H](O)[C@@H](O)[C@H](COC1OC(CO)C(O)C(O)C1O)NC(=O)CCCCCCCCCc1ccccc1. The Kier molecular flexibility index (Phi) is 24.9. The molecule has 1 saturated heterocycles. The zero-order valence-corrected chi connectivity index (χ0v) is 30.9. The molecule has 10 nitrogen and oxygen atoms in total. The van der Waals surface area contributed by atoms with E-state index in [-0.39, 0.29) is 18.9 Å². The second-order valence-electron chi connectivity index (χ2n) is 14.4. The summed E-state index contributed by atoms with van der Waals surface area (Å²) in [6.07, 6.45) is 13.6. The van der Waals surface area contributed by atoms with E-state index in [1.54, 1.807) is 0 Å². The Labute approximate surface area is 302 Å². The summed E-state index contributed by atoms with van der Waals surface area (Å²) in [4.78, 5) is 12.9. The van der Waals surface area contributed by atoms with Crippen LogP contribution in [-0.2, 0) is 20.7 Å². The Morgan fingerprint density at radius 3 is 1.86 bits per heavy atom. The van der Waals surface area contributed by atoms with Crippen LogP contribution in [0.4, 0.5) is 0 Å². The number of hydrogen-bond acceptors (Lipinski definition) is 9. The van der Waals surface area contributed by atoms with Crippen molar-refractivity contribution in [1.82, 2.24) is 5.32 Å². The van der Waals surface area contributed by atoms with Gasteiger partial charge in [-0.05, 0) is 31.2 Å². The summed E-state index contributed by atoms with van der Waals surface area (Å²) >= 11 is 0. The maximum atomic E-state index is 12.9. The van der Waals surface area contributed by atoms with Gasteiger partial charge in [0.1, 0.15) is 30.5 Å². The number of aliphatic hydroxyl groups is 6. The number of hydrogen-bond donors (Lipinski definition) is 7. The molecule has 0 spiro atoms. The summed E-state index contributed by atoms with van der Waals surface area (Å²) in [7, 11) is 0. The molecular weight excluding hydrogens is 638 g/mol. The summed E-state index contributed by atoms with van der Waals surface area (Å²) in [5, 5.41) is 64.9. The van der Waals surface area contributed by atoms with Gasteiger partial charge in [-0.15, -0.1) is 0 Å². The van der Waals surface area contributed by atoms with Crippen molar-refractivity contribution in [3.8, 4) is 0 Å². The van der Waals surface area contributed by atoms with Gasteiger partial charge in [-0.1, -0.05) is 146 Å². The van der Waals surface area contributed by atoms with Crippen LogP contribution in [0.5, 0.6) is 0 Å². The van der Waals surface area contributed by atoms with E-state index in [2.05, 4.69) is 36.5 Å². The minimum absolute atomic E-state index is 0.270. The fraction of sp³-hybridized carbons (Fsp3) is 0.825. The fourth-order valence-electron chi connectivity index (χ4n) is 6.68. The molecule has 1 aliphatic heterocycles. The predicted molar refractivity (Wildman–Crippen MR) is 196 cm³/mol. The third-order valence-electron chi connectivity index (χ3n) is 10.0. The van der Waals surface area contributed by atoms with Gasteiger partial charge in [0.25, 0.3) is 0 Å². The van der Waals surface area contributed by atoms with Crippen LogP contribution >= 0.6 is 0 Å². The van der Waals surface area contributed by atoms with Gasteiger partial charge in [0.2, 0.25) is 5.91 Å². The van der Waals surface area contributed by atoms with Crippen molar-refractivity contribution in [2.45, 2.75) is 197 Å². The molecule has 2 rings (SSSR count). The van der Waals surface area contributed by atoms with Crippen molar-refractivity contribution in [2.75, 3.05) is 13.2 Å². The topological polar surface area (TPSA) is 169 Å². The van der Waals surface area contributed by atoms with E-state index in [0.717, 1.165) is 51.4 Å². The molecule has 1 aromatic carbocycles. The summed E-state index contributed by atoms with van der Waals surface area (Å²) < 4.78 is 11.1. The normalized spacial score (nSPS) is 22.7. The van der Waals surface area contributed by atoms with Gasteiger partial charge < -0.3 is 45.4 Å². The zero-order chi connectivity index (χ0) is 36.4. The highest BCUT2D eigenvalue weighted by molar-refractivity contribution is 5.76. The third-order valence-corrected chi connectivity index (χ3v) is 10.0. The van der Waals surface area contributed by atoms with Gasteiger partial charge >= 0.3 is 0 Å². The average molecular weight is 710 g/mol. The Morgan fingerprint density at radius 1 is 0.740 bits per heavy atom. The van der Waals surface area contributed by atoms with Crippen molar-refractivity contribution in [1.29, 1.82) is 0 Å². The number of carbonyl (C=O) groups excluding carboxylic acids is 1. The Bertz CT molecular complexity index is 952. The fourth-order valence-corrected chi connectivity index (χ4v) is 6.68. The molecule has 1 aromatic rings. The monoisotopic (exact) mass is 710 g/mol. The lowest BCUT2D eigenvalue weighted by Crippen LogP contribution is -2.60. The summed E-state index contributed by atoms with van der Waals surface area (Å²) in [5.41, 5.74) is 1.37. The van der Waals surface area contributed by atoms with E-state index in [9.17, 15) is 35.4 Å². The number of rotatable bonds is 30. The highest BCUT2D eigenvalue weighted by atomic mass is 16.7. The molecule has 5 unspecified atom stereocenters. The number of nitrogens with one attached hydrogen (secondary N) is 1. The van der Waals surface area contributed by atoms with Crippen molar-refractivity contribution in [3.05, 3.63) is 35.9 Å². The minimum atomic E-state index is -1.61. The predicted octanol–water partition coefficient (Wildman–Crippen LogP) is 5.46. The number of amides is 1. The standard InChI is InChI=1S/C40H71NO9/c1-2-3-4-5-6-7-8-9-10-13-16-22-27-33(43)36(45)32(30-49-40-39(48)38(47)37(46)34(29-42)50-40)41-35(44)28-23-17-14-11-12-15-19-24-31-25-20-18-21-26-31/h18,20-21,25-26,32-34,36-40,42-43,45-48H,2-17,19,22-24,27-30H2,1H3,(H,41,44)/t32-,33+,34?,36-,37?,38?,39?,40?/m0/s1. The second-order valence-corrected chi connectivity index (χ2v) is 14.4. The van der Waals surface area contributed by atoms with Crippen LogP contribution in [-0.4, -0.2) is 98.7 Å². The Hall–Kier alpha value is -1.63. The highest BCUT2D eigenvalue weighted by Crippen LogP contribution is 2.23. The van der Waals surface area contributed by atoms with Gasteiger partial charge in [0, 0.05) is 6.42 Å². The van der Waals surface area contributed by atoms with Gasteiger partial charge in [-0.3, -0.25) is 4.79 Å². The molecule has 10 heteroatoms. The lowest BCUT2D eigenvalue weighted by Gasteiger charge is -2.40. The quantitative estimate of drug-likeness (QED) is 0.0513. The van der Waals surface area contributed by atoms with Crippen LogP contribution < -0.4 is 5.32 Å².